The van der Waals surface area contributed by atoms with Crippen LogP contribution in [-0.2, 0) is 14.8 Å². The van der Waals surface area contributed by atoms with Gasteiger partial charge in [0.15, 0.2) is 0 Å². The maximum Gasteiger partial charge on any atom is 0.338 e. The Morgan fingerprint density at radius 2 is 1.78 bits per heavy atom. The summed E-state index contributed by atoms with van der Waals surface area (Å²) in [4.78, 5) is 11.7. The number of esters is 1. The Bertz CT molecular complexity index is 830. The van der Waals surface area contributed by atoms with Crippen LogP contribution in [0.2, 0.25) is 0 Å². The SMILES string of the molecule is COC(=O)c1cc(S(=O)(=O)Nc2ccccc2OC)ccc1C. The fourth-order valence-corrected chi connectivity index (χ4v) is 3.13. The second kappa shape index (κ2) is 6.70. The molecule has 0 atom stereocenters. The van der Waals surface area contributed by atoms with E-state index in [-0.39, 0.29) is 10.5 Å². The van der Waals surface area contributed by atoms with Crippen molar-refractivity contribution in [3.63, 3.8) is 0 Å². The van der Waals surface area contributed by atoms with Crippen molar-refractivity contribution in [3.8, 4) is 5.75 Å². The van der Waals surface area contributed by atoms with Gasteiger partial charge in [0.25, 0.3) is 10.0 Å². The van der Waals surface area contributed by atoms with E-state index < -0.39 is 16.0 Å². The minimum Gasteiger partial charge on any atom is -0.495 e. The van der Waals surface area contributed by atoms with Gasteiger partial charge in [-0.2, -0.15) is 0 Å². The zero-order chi connectivity index (χ0) is 17.0. The molecular formula is C16H17NO5S. The highest BCUT2D eigenvalue weighted by Crippen LogP contribution is 2.26. The molecule has 0 radical (unpaired) electrons. The van der Waals surface area contributed by atoms with Crippen molar-refractivity contribution in [2.45, 2.75) is 11.8 Å². The topological polar surface area (TPSA) is 81.7 Å². The van der Waals surface area contributed by atoms with Crippen molar-refractivity contribution in [1.82, 2.24) is 0 Å². The van der Waals surface area contributed by atoms with Gasteiger partial charge in [-0.25, -0.2) is 13.2 Å². The first-order valence-corrected chi connectivity index (χ1v) is 8.22. The summed E-state index contributed by atoms with van der Waals surface area (Å²) in [5.74, 6) is -0.187. The minimum atomic E-state index is -3.86. The number of rotatable bonds is 5. The molecule has 0 amide bonds. The van der Waals surface area contributed by atoms with Gasteiger partial charge in [0.2, 0.25) is 0 Å². The molecular weight excluding hydrogens is 318 g/mol. The summed E-state index contributed by atoms with van der Waals surface area (Å²) in [6.45, 7) is 1.70. The van der Waals surface area contributed by atoms with Gasteiger partial charge in [0, 0.05) is 0 Å². The average Bonchev–Trinajstić information content (AvgIpc) is 2.54. The highest BCUT2D eigenvalue weighted by molar-refractivity contribution is 7.92. The van der Waals surface area contributed by atoms with Crippen molar-refractivity contribution >= 4 is 21.7 Å². The monoisotopic (exact) mass is 335 g/mol. The quantitative estimate of drug-likeness (QED) is 0.849. The lowest BCUT2D eigenvalue weighted by atomic mass is 10.1. The zero-order valence-corrected chi connectivity index (χ0v) is 13.8. The standard InChI is InChI=1S/C16H17NO5S/c1-11-8-9-12(10-13(11)16(18)22-3)23(19,20)17-14-6-4-5-7-15(14)21-2/h4-10,17H,1-3H3. The van der Waals surface area contributed by atoms with Crippen LogP contribution < -0.4 is 9.46 Å². The van der Waals surface area contributed by atoms with Crippen molar-refractivity contribution in [3.05, 3.63) is 53.6 Å². The number of carbonyl (C=O) groups excluding carboxylic acids is 1. The van der Waals surface area contributed by atoms with E-state index in [0.29, 0.717) is 17.0 Å². The summed E-state index contributed by atoms with van der Waals surface area (Å²) in [7, 11) is -1.17. The summed E-state index contributed by atoms with van der Waals surface area (Å²) in [5.41, 5.74) is 1.15. The Hall–Kier alpha value is -2.54. The Labute approximate surface area is 135 Å². The summed E-state index contributed by atoms with van der Waals surface area (Å²) in [6.07, 6.45) is 0. The van der Waals surface area contributed by atoms with Gasteiger partial charge in [-0.3, -0.25) is 4.72 Å². The molecule has 122 valence electrons. The largest absolute Gasteiger partial charge is 0.495 e. The average molecular weight is 335 g/mol. The maximum absolute atomic E-state index is 12.5. The van der Waals surface area contributed by atoms with Crippen LogP contribution in [0.15, 0.2) is 47.4 Å². The van der Waals surface area contributed by atoms with E-state index in [1.54, 1.807) is 37.3 Å². The van der Waals surface area contributed by atoms with Gasteiger partial charge in [0.05, 0.1) is 30.4 Å². The first kappa shape index (κ1) is 16.8. The van der Waals surface area contributed by atoms with Crippen LogP contribution in [0.3, 0.4) is 0 Å². The Balaban J connectivity index is 2.42. The first-order chi connectivity index (χ1) is 10.9. The number of anilines is 1. The van der Waals surface area contributed by atoms with Gasteiger partial charge in [0.1, 0.15) is 5.75 Å². The molecule has 0 aliphatic rings. The predicted octanol–water partition coefficient (Wildman–Crippen LogP) is 2.59. The van der Waals surface area contributed by atoms with E-state index in [0.717, 1.165) is 0 Å². The van der Waals surface area contributed by atoms with Gasteiger partial charge < -0.3 is 9.47 Å². The Kier molecular flexibility index (Phi) is 4.90. The lowest BCUT2D eigenvalue weighted by molar-refractivity contribution is 0.0599. The smallest absolute Gasteiger partial charge is 0.338 e. The molecule has 7 heteroatoms. The highest BCUT2D eigenvalue weighted by Gasteiger charge is 2.19. The number of para-hydroxylation sites is 2. The maximum atomic E-state index is 12.5. The van der Waals surface area contributed by atoms with E-state index in [2.05, 4.69) is 9.46 Å². The summed E-state index contributed by atoms with van der Waals surface area (Å²) < 4.78 is 37.3. The van der Waals surface area contributed by atoms with E-state index in [1.807, 2.05) is 0 Å². The molecule has 0 saturated heterocycles. The van der Waals surface area contributed by atoms with E-state index in [4.69, 9.17) is 4.74 Å². The number of carbonyl (C=O) groups is 1. The van der Waals surface area contributed by atoms with Gasteiger partial charge in [-0.15, -0.1) is 0 Å². The summed E-state index contributed by atoms with van der Waals surface area (Å²) in [5, 5.41) is 0. The van der Waals surface area contributed by atoms with E-state index in [9.17, 15) is 13.2 Å². The molecule has 0 unspecified atom stereocenters. The van der Waals surface area contributed by atoms with Crippen LogP contribution in [0.5, 0.6) is 5.75 Å². The molecule has 0 spiro atoms. The lowest BCUT2D eigenvalue weighted by Crippen LogP contribution is -2.15. The molecule has 23 heavy (non-hydrogen) atoms. The summed E-state index contributed by atoms with van der Waals surface area (Å²) >= 11 is 0. The molecule has 6 nitrogen and oxygen atoms in total. The minimum absolute atomic E-state index is 0.0330. The van der Waals surface area contributed by atoms with E-state index in [1.165, 1.54) is 26.4 Å². The molecule has 2 rings (SSSR count). The highest BCUT2D eigenvalue weighted by atomic mass is 32.2. The zero-order valence-electron chi connectivity index (χ0n) is 13.0. The van der Waals surface area contributed by atoms with Crippen LogP contribution in [0.1, 0.15) is 15.9 Å². The molecule has 2 aromatic rings. The molecule has 0 aliphatic carbocycles. The molecule has 1 N–H and O–H groups in total. The molecule has 0 saturated carbocycles. The Morgan fingerprint density at radius 1 is 1.09 bits per heavy atom. The number of ether oxygens (including phenoxy) is 2. The number of nitrogens with one attached hydrogen (secondary N) is 1. The van der Waals surface area contributed by atoms with Crippen LogP contribution in [0.25, 0.3) is 0 Å². The molecule has 0 fully saturated rings. The number of hydrogen-bond donors (Lipinski definition) is 1. The van der Waals surface area contributed by atoms with Gasteiger partial charge in [-0.1, -0.05) is 18.2 Å². The summed E-state index contributed by atoms with van der Waals surface area (Å²) in [6, 6.07) is 10.9. The third kappa shape index (κ3) is 3.62. The predicted molar refractivity (Wildman–Crippen MR) is 86.3 cm³/mol. The third-order valence-electron chi connectivity index (χ3n) is 3.28. The van der Waals surface area contributed by atoms with Crippen LogP contribution >= 0.6 is 0 Å². The molecule has 0 aromatic heterocycles. The van der Waals surface area contributed by atoms with Crippen molar-refractivity contribution in [1.29, 1.82) is 0 Å². The molecule has 2 aromatic carbocycles. The molecule has 0 heterocycles. The van der Waals surface area contributed by atoms with Crippen LogP contribution in [0, 0.1) is 6.92 Å². The van der Waals surface area contributed by atoms with Crippen molar-refractivity contribution in [2.75, 3.05) is 18.9 Å². The van der Waals surface area contributed by atoms with Crippen molar-refractivity contribution < 1.29 is 22.7 Å². The normalized spacial score (nSPS) is 10.9. The number of sulfonamides is 1. The molecule has 0 aliphatic heterocycles. The fourth-order valence-electron chi connectivity index (χ4n) is 2.03. The number of aryl methyl sites for hydroxylation is 1. The Morgan fingerprint density at radius 3 is 2.43 bits per heavy atom. The molecule has 0 bridgehead atoms. The van der Waals surface area contributed by atoms with Gasteiger partial charge >= 0.3 is 5.97 Å². The third-order valence-corrected chi connectivity index (χ3v) is 4.64. The second-order valence-electron chi connectivity index (χ2n) is 4.77. The van der Waals surface area contributed by atoms with Crippen molar-refractivity contribution in [2.24, 2.45) is 0 Å². The fraction of sp³-hybridized carbons (Fsp3) is 0.188. The van der Waals surface area contributed by atoms with E-state index >= 15 is 0 Å². The number of benzene rings is 2. The number of methoxy groups -OCH3 is 2. The van der Waals surface area contributed by atoms with Crippen LogP contribution in [-0.4, -0.2) is 28.6 Å². The van der Waals surface area contributed by atoms with Gasteiger partial charge in [-0.05, 0) is 36.8 Å². The first-order valence-electron chi connectivity index (χ1n) is 6.74. The van der Waals surface area contributed by atoms with Crippen LogP contribution in [0.4, 0.5) is 5.69 Å². The second-order valence-corrected chi connectivity index (χ2v) is 6.46. The lowest BCUT2D eigenvalue weighted by Gasteiger charge is -2.12. The number of hydrogen-bond acceptors (Lipinski definition) is 5.